The van der Waals surface area contributed by atoms with E-state index in [2.05, 4.69) is 0 Å². The third-order valence-corrected chi connectivity index (χ3v) is 2.93. The van der Waals surface area contributed by atoms with Crippen LogP contribution in [0.3, 0.4) is 0 Å². The Labute approximate surface area is 118 Å². The molecule has 0 saturated heterocycles. The highest BCUT2D eigenvalue weighted by molar-refractivity contribution is 5.96. The maximum atomic E-state index is 11.6. The highest BCUT2D eigenvalue weighted by atomic mass is 16.5. The second-order valence-electron chi connectivity index (χ2n) is 4.18. The van der Waals surface area contributed by atoms with E-state index < -0.39 is 0 Å². The molecule has 20 heavy (non-hydrogen) atoms. The quantitative estimate of drug-likeness (QED) is 0.630. The summed E-state index contributed by atoms with van der Waals surface area (Å²) in [6, 6.07) is 17.3. The molecule has 2 aromatic rings. The third kappa shape index (κ3) is 3.26. The molecule has 0 N–H and O–H groups in total. The monoisotopic (exact) mass is 268 g/mol. The Bertz CT molecular complexity index is 615. The van der Waals surface area contributed by atoms with Gasteiger partial charge in [-0.2, -0.15) is 0 Å². The predicted molar refractivity (Wildman–Crippen MR) is 78.5 cm³/mol. The zero-order chi connectivity index (χ0) is 14.4. The topological polar surface area (TPSA) is 35.5 Å². The smallest absolute Gasteiger partial charge is 0.331 e. The van der Waals surface area contributed by atoms with E-state index in [-0.39, 0.29) is 5.97 Å². The summed E-state index contributed by atoms with van der Waals surface area (Å²) in [4.78, 5) is 11.6. The molecule has 0 spiro atoms. The van der Waals surface area contributed by atoms with Crippen LogP contribution < -0.4 is 4.74 Å². The van der Waals surface area contributed by atoms with Crippen LogP contribution in [0.4, 0.5) is 0 Å². The molecule has 0 fully saturated rings. The normalized spacial score (nSPS) is 11.0. The van der Waals surface area contributed by atoms with Gasteiger partial charge in [0.25, 0.3) is 0 Å². The lowest BCUT2D eigenvalue weighted by atomic mass is 9.97. The summed E-state index contributed by atoms with van der Waals surface area (Å²) in [6.07, 6.45) is 1.49. The average molecular weight is 268 g/mol. The molecule has 2 aromatic carbocycles. The molecule has 0 heterocycles. The summed E-state index contributed by atoms with van der Waals surface area (Å²) in [5.41, 5.74) is 2.66. The number of rotatable bonds is 4. The van der Waals surface area contributed by atoms with Gasteiger partial charge in [-0.15, -0.1) is 0 Å². The van der Waals surface area contributed by atoms with Crippen molar-refractivity contribution < 1.29 is 14.3 Å². The van der Waals surface area contributed by atoms with Gasteiger partial charge in [0, 0.05) is 6.08 Å². The van der Waals surface area contributed by atoms with E-state index in [1.54, 1.807) is 7.11 Å². The first-order valence-corrected chi connectivity index (χ1v) is 6.24. The van der Waals surface area contributed by atoms with Gasteiger partial charge in [0.2, 0.25) is 0 Å². The largest absolute Gasteiger partial charge is 0.497 e. The van der Waals surface area contributed by atoms with Gasteiger partial charge in [-0.3, -0.25) is 0 Å². The zero-order valence-corrected chi connectivity index (χ0v) is 11.5. The molecule has 0 saturated carbocycles. The fraction of sp³-hybridized carbons (Fsp3) is 0.118. The number of ether oxygens (including phenoxy) is 2. The van der Waals surface area contributed by atoms with Crippen molar-refractivity contribution in [3.63, 3.8) is 0 Å². The number of hydrogen-bond acceptors (Lipinski definition) is 3. The van der Waals surface area contributed by atoms with Crippen LogP contribution >= 0.6 is 0 Å². The van der Waals surface area contributed by atoms with E-state index >= 15 is 0 Å². The van der Waals surface area contributed by atoms with Crippen LogP contribution in [0.2, 0.25) is 0 Å². The molecule has 0 amide bonds. The minimum Gasteiger partial charge on any atom is -0.497 e. The highest BCUT2D eigenvalue weighted by Gasteiger charge is 2.08. The van der Waals surface area contributed by atoms with Crippen LogP contribution in [0.25, 0.3) is 5.57 Å². The molecule has 3 heteroatoms. The Morgan fingerprint density at radius 2 is 1.65 bits per heavy atom. The van der Waals surface area contributed by atoms with Crippen molar-refractivity contribution in [3.8, 4) is 5.75 Å². The van der Waals surface area contributed by atoms with E-state index in [1.807, 2.05) is 54.6 Å². The predicted octanol–water partition coefficient (Wildman–Crippen LogP) is 3.30. The minimum atomic E-state index is -0.383. The molecule has 0 aromatic heterocycles. The van der Waals surface area contributed by atoms with E-state index in [9.17, 15) is 4.79 Å². The molecule has 0 aliphatic rings. The lowest BCUT2D eigenvalue weighted by molar-refractivity contribution is -0.134. The molecule has 102 valence electrons. The number of esters is 1. The molecule has 0 aliphatic carbocycles. The SMILES string of the molecule is COC(=O)C=C(c1ccccc1)c1cccc(OC)c1. The van der Waals surface area contributed by atoms with Gasteiger partial charge in [0.05, 0.1) is 14.2 Å². The molecule has 3 nitrogen and oxygen atoms in total. The molecular weight excluding hydrogens is 252 g/mol. The lowest BCUT2D eigenvalue weighted by Gasteiger charge is -2.09. The minimum absolute atomic E-state index is 0.383. The Hall–Kier alpha value is -2.55. The van der Waals surface area contributed by atoms with Crippen LogP contribution in [0.5, 0.6) is 5.75 Å². The summed E-state index contributed by atoms with van der Waals surface area (Å²) in [5, 5.41) is 0. The summed E-state index contributed by atoms with van der Waals surface area (Å²) < 4.78 is 9.96. The number of benzene rings is 2. The number of hydrogen-bond donors (Lipinski definition) is 0. The Balaban J connectivity index is 2.52. The maximum absolute atomic E-state index is 11.6. The molecule has 0 radical (unpaired) electrons. The van der Waals surface area contributed by atoms with Gasteiger partial charge >= 0.3 is 5.97 Å². The van der Waals surface area contributed by atoms with Gasteiger partial charge in [-0.1, -0.05) is 42.5 Å². The van der Waals surface area contributed by atoms with Crippen molar-refractivity contribution in [3.05, 3.63) is 71.8 Å². The van der Waals surface area contributed by atoms with E-state index in [1.165, 1.54) is 13.2 Å². The van der Waals surface area contributed by atoms with Gasteiger partial charge in [-0.05, 0) is 28.8 Å². The molecule has 0 bridgehead atoms. The fourth-order valence-electron chi connectivity index (χ4n) is 1.92. The van der Waals surface area contributed by atoms with Crippen molar-refractivity contribution in [2.75, 3.05) is 14.2 Å². The van der Waals surface area contributed by atoms with Crippen LogP contribution in [-0.4, -0.2) is 20.2 Å². The molecule has 2 rings (SSSR count). The molecule has 0 aliphatic heterocycles. The van der Waals surface area contributed by atoms with E-state index in [0.29, 0.717) is 0 Å². The molecular formula is C17H16O3. The van der Waals surface area contributed by atoms with Crippen LogP contribution in [-0.2, 0) is 9.53 Å². The lowest BCUT2D eigenvalue weighted by Crippen LogP contribution is -1.98. The molecule has 0 atom stereocenters. The third-order valence-electron chi connectivity index (χ3n) is 2.93. The van der Waals surface area contributed by atoms with Crippen LogP contribution in [0.15, 0.2) is 60.7 Å². The number of carbonyl (C=O) groups is 1. The van der Waals surface area contributed by atoms with Crippen molar-refractivity contribution in [2.45, 2.75) is 0 Å². The Morgan fingerprint density at radius 3 is 2.30 bits per heavy atom. The summed E-state index contributed by atoms with van der Waals surface area (Å²) in [7, 11) is 2.98. The summed E-state index contributed by atoms with van der Waals surface area (Å²) >= 11 is 0. The van der Waals surface area contributed by atoms with Crippen molar-refractivity contribution in [1.29, 1.82) is 0 Å². The van der Waals surface area contributed by atoms with Gasteiger partial charge in [0.1, 0.15) is 5.75 Å². The van der Waals surface area contributed by atoms with Gasteiger partial charge in [0.15, 0.2) is 0 Å². The van der Waals surface area contributed by atoms with E-state index in [0.717, 1.165) is 22.4 Å². The number of methoxy groups -OCH3 is 2. The maximum Gasteiger partial charge on any atom is 0.331 e. The van der Waals surface area contributed by atoms with Gasteiger partial charge in [-0.25, -0.2) is 4.79 Å². The van der Waals surface area contributed by atoms with Crippen molar-refractivity contribution in [2.24, 2.45) is 0 Å². The van der Waals surface area contributed by atoms with E-state index in [4.69, 9.17) is 9.47 Å². The average Bonchev–Trinajstić information content (AvgIpc) is 2.53. The van der Waals surface area contributed by atoms with Crippen LogP contribution in [0, 0.1) is 0 Å². The first kappa shape index (κ1) is 13.9. The standard InChI is InChI=1S/C17H16O3/c1-19-15-10-6-9-14(11-15)16(12-17(18)20-2)13-7-4-3-5-8-13/h3-12H,1-2H3. The van der Waals surface area contributed by atoms with Crippen molar-refractivity contribution >= 4 is 11.5 Å². The first-order valence-electron chi connectivity index (χ1n) is 6.24. The number of carbonyl (C=O) groups excluding carboxylic acids is 1. The fourth-order valence-corrected chi connectivity index (χ4v) is 1.92. The highest BCUT2D eigenvalue weighted by Crippen LogP contribution is 2.26. The first-order chi connectivity index (χ1) is 9.74. The second-order valence-corrected chi connectivity index (χ2v) is 4.18. The zero-order valence-electron chi connectivity index (χ0n) is 11.5. The molecule has 0 unspecified atom stereocenters. The Morgan fingerprint density at radius 1 is 0.950 bits per heavy atom. The van der Waals surface area contributed by atoms with Crippen molar-refractivity contribution in [1.82, 2.24) is 0 Å². The second kappa shape index (κ2) is 6.57. The van der Waals surface area contributed by atoms with Gasteiger partial charge < -0.3 is 9.47 Å². The Kier molecular flexibility index (Phi) is 4.56. The van der Waals surface area contributed by atoms with Crippen LogP contribution in [0.1, 0.15) is 11.1 Å². The summed E-state index contributed by atoms with van der Waals surface area (Å²) in [5.74, 6) is 0.362. The summed E-state index contributed by atoms with van der Waals surface area (Å²) in [6.45, 7) is 0.